The minimum atomic E-state index is -0.196. The third-order valence-corrected chi connectivity index (χ3v) is 10.4. The summed E-state index contributed by atoms with van der Waals surface area (Å²) >= 11 is 0. The minimum absolute atomic E-state index is 0.00626. The number of imidazole rings is 1. The number of hydrogen-bond donors (Lipinski definition) is 3. The molecule has 4 aliphatic carbocycles. The molecule has 0 spiro atoms. The highest BCUT2D eigenvalue weighted by atomic mass is 16.2. The minimum Gasteiger partial charge on any atom is -0.349 e. The first-order chi connectivity index (χ1) is 19.0. The molecule has 0 aliphatic heterocycles. The van der Waals surface area contributed by atoms with Gasteiger partial charge in [-0.3, -0.25) is 9.59 Å². The van der Waals surface area contributed by atoms with Gasteiger partial charge in [-0.2, -0.15) is 0 Å². The summed E-state index contributed by atoms with van der Waals surface area (Å²) < 4.78 is 0. The fraction of sp³-hybridized carbons (Fsp3) is 0.545. The van der Waals surface area contributed by atoms with Crippen LogP contribution in [-0.2, 0) is 4.79 Å². The second-order valence-electron chi connectivity index (χ2n) is 13.2. The van der Waals surface area contributed by atoms with Gasteiger partial charge in [0.05, 0.1) is 16.4 Å². The number of aromatic amines is 1. The number of rotatable bonds is 5. The van der Waals surface area contributed by atoms with Gasteiger partial charge in [-0.05, 0) is 98.9 Å². The van der Waals surface area contributed by atoms with E-state index in [0.717, 1.165) is 78.0 Å². The van der Waals surface area contributed by atoms with Gasteiger partial charge in [-0.15, -0.1) is 0 Å². The number of amides is 2. The smallest absolute Gasteiger partial charge is 0.251 e. The van der Waals surface area contributed by atoms with Crippen LogP contribution in [0.15, 0.2) is 42.5 Å². The quantitative estimate of drug-likeness (QED) is 0.312. The average molecular weight is 525 g/mol. The lowest BCUT2D eigenvalue weighted by Gasteiger charge is -2.42. The Morgan fingerprint density at radius 3 is 2.51 bits per heavy atom. The summed E-state index contributed by atoms with van der Waals surface area (Å²) in [7, 11) is 0. The number of nitrogens with zero attached hydrogens (tertiary/aromatic N) is 1. The van der Waals surface area contributed by atoms with Gasteiger partial charge in [0.1, 0.15) is 5.82 Å². The number of benzene rings is 2. The number of carbonyl (C=O) groups is 2. The van der Waals surface area contributed by atoms with Crippen LogP contribution >= 0.6 is 0 Å². The lowest BCUT2D eigenvalue weighted by atomic mass is 9.63. The van der Waals surface area contributed by atoms with Crippen LogP contribution in [-0.4, -0.2) is 27.8 Å². The molecule has 3 N–H and O–H groups in total. The van der Waals surface area contributed by atoms with Gasteiger partial charge in [-0.1, -0.05) is 44.7 Å². The van der Waals surface area contributed by atoms with Crippen LogP contribution in [0.3, 0.4) is 0 Å². The zero-order valence-corrected chi connectivity index (χ0v) is 23.0. The van der Waals surface area contributed by atoms with Gasteiger partial charge in [-0.25, -0.2) is 4.98 Å². The number of nitrogens with one attached hydrogen (secondary N) is 3. The molecule has 1 heterocycles. The summed E-state index contributed by atoms with van der Waals surface area (Å²) in [4.78, 5) is 34.6. The summed E-state index contributed by atoms with van der Waals surface area (Å²) in [5, 5.41) is 6.51. The van der Waals surface area contributed by atoms with E-state index in [9.17, 15) is 9.59 Å². The first kappa shape index (κ1) is 24.9. The number of aromatic nitrogens is 2. The number of anilines is 1. The number of carbonyl (C=O) groups excluding carboxylic acids is 2. The maximum atomic E-state index is 13.6. The topological polar surface area (TPSA) is 86.9 Å². The summed E-state index contributed by atoms with van der Waals surface area (Å²) in [5.41, 5.74) is 4.01. The molecule has 5 atom stereocenters. The van der Waals surface area contributed by atoms with Crippen LogP contribution in [0.1, 0.15) is 87.9 Å². The van der Waals surface area contributed by atoms with Crippen LogP contribution in [0, 0.1) is 29.1 Å². The molecule has 7 rings (SSSR count). The van der Waals surface area contributed by atoms with Crippen molar-refractivity contribution < 1.29 is 9.59 Å². The molecule has 4 saturated carbocycles. The molecule has 39 heavy (non-hydrogen) atoms. The Morgan fingerprint density at radius 1 is 0.923 bits per heavy atom. The second kappa shape index (κ2) is 9.79. The van der Waals surface area contributed by atoms with E-state index >= 15 is 0 Å². The van der Waals surface area contributed by atoms with Crippen molar-refractivity contribution in [1.29, 1.82) is 0 Å². The van der Waals surface area contributed by atoms with Crippen LogP contribution < -0.4 is 10.6 Å². The zero-order valence-electron chi connectivity index (χ0n) is 23.0. The van der Waals surface area contributed by atoms with Gasteiger partial charge in [0.2, 0.25) is 5.91 Å². The first-order valence-corrected chi connectivity index (χ1v) is 15.2. The molecule has 0 saturated heterocycles. The molecule has 3 aromatic rings. The molecule has 2 unspecified atom stereocenters. The number of fused-ring (bicyclic) bond motifs is 2. The Bertz CT molecular complexity index is 1380. The third kappa shape index (κ3) is 4.66. The van der Waals surface area contributed by atoms with Crippen LogP contribution in [0.5, 0.6) is 0 Å². The molecular formula is C33H40N4O2. The van der Waals surface area contributed by atoms with Crippen LogP contribution in [0.4, 0.5) is 5.69 Å². The summed E-state index contributed by atoms with van der Waals surface area (Å²) in [5.74, 6) is 3.99. The van der Waals surface area contributed by atoms with E-state index < -0.39 is 0 Å². The molecule has 0 radical (unpaired) electrons. The van der Waals surface area contributed by atoms with E-state index in [4.69, 9.17) is 4.98 Å². The second-order valence-corrected chi connectivity index (χ2v) is 13.2. The highest BCUT2D eigenvalue weighted by Gasteiger charge is 2.59. The Kier molecular flexibility index (Phi) is 6.24. The van der Waals surface area contributed by atoms with E-state index in [1.54, 1.807) is 0 Å². The molecule has 2 aromatic carbocycles. The number of H-pyrrole nitrogens is 1. The van der Waals surface area contributed by atoms with Crippen molar-refractivity contribution >= 4 is 28.5 Å². The summed E-state index contributed by atoms with van der Waals surface area (Å²) in [6.07, 6.45) is 12.9. The predicted octanol–water partition coefficient (Wildman–Crippen LogP) is 7.08. The van der Waals surface area contributed by atoms with Crippen LogP contribution in [0.25, 0.3) is 22.4 Å². The third-order valence-electron chi connectivity index (χ3n) is 10.4. The Morgan fingerprint density at radius 2 is 1.72 bits per heavy atom. The lowest BCUT2D eigenvalue weighted by molar-refractivity contribution is -0.126. The Labute approximate surface area is 230 Å². The van der Waals surface area contributed by atoms with Crippen molar-refractivity contribution in [3.05, 3.63) is 48.0 Å². The van der Waals surface area contributed by atoms with Crippen molar-refractivity contribution in [2.75, 3.05) is 5.32 Å². The van der Waals surface area contributed by atoms with Gasteiger partial charge < -0.3 is 15.6 Å². The van der Waals surface area contributed by atoms with Gasteiger partial charge in [0.25, 0.3) is 5.91 Å². The molecule has 2 amide bonds. The zero-order chi connectivity index (χ0) is 26.6. The summed E-state index contributed by atoms with van der Waals surface area (Å²) in [6.45, 7) is 2.33. The van der Waals surface area contributed by atoms with Crippen molar-refractivity contribution in [3.63, 3.8) is 0 Å². The molecular weight excluding hydrogens is 484 g/mol. The normalized spacial score (nSPS) is 30.3. The van der Waals surface area contributed by atoms with Crippen molar-refractivity contribution in [3.8, 4) is 11.4 Å². The Hall–Kier alpha value is -3.15. The van der Waals surface area contributed by atoms with Gasteiger partial charge in [0.15, 0.2) is 0 Å². The number of hydrogen-bond acceptors (Lipinski definition) is 3. The lowest BCUT2D eigenvalue weighted by Crippen LogP contribution is -2.37. The molecule has 4 fully saturated rings. The Balaban J connectivity index is 1.04. The maximum Gasteiger partial charge on any atom is 0.251 e. The first-order valence-electron chi connectivity index (χ1n) is 15.2. The maximum absolute atomic E-state index is 13.6. The van der Waals surface area contributed by atoms with Crippen molar-refractivity contribution in [2.24, 2.45) is 29.1 Å². The highest BCUT2D eigenvalue weighted by molar-refractivity contribution is 5.97. The van der Waals surface area contributed by atoms with E-state index in [1.807, 2.05) is 42.5 Å². The molecule has 204 valence electrons. The fourth-order valence-electron chi connectivity index (χ4n) is 8.47. The monoisotopic (exact) mass is 524 g/mol. The van der Waals surface area contributed by atoms with Gasteiger partial charge >= 0.3 is 0 Å². The summed E-state index contributed by atoms with van der Waals surface area (Å²) in [6, 6.07) is 13.9. The predicted molar refractivity (Wildman–Crippen MR) is 154 cm³/mol. The standard InChI is InChI=1S/C33H40N4O2/c1-20-14-23-15-24-18-33(17-20,19-27(23)24)32(39)35-26-12-13-28-29(16-26)37-30(36-28)21-8-10-22(11-9-21)31(38)34-25-6-4-2-3-5-7-25/h8-13,16,20,23-25,27H,2-7,14-15,17-19H2,1H3,(H,34,38)(H,35,39)(H,36,37)/t20-,23-,24+,27?,33?/m1/s1. The SMILES string of the molecule is C[C@@H]1C[C@@H]2C[C@H]3CC(C(=O)Nc4ccc5nc(-c6ccc(C(=O)NC7CCCCCC7)cc6)[nH]c5c4)(CC23)C1. The highest BCUT2D eigenvalue weighted by Crippen LogP contribution is 2.64. The molecule has 4 aliphatic rings. The fourth-order valence-corrected chi connectivity index (χ4v) is 8.47. The molecule has 6 heteroatoms. The molecule has 1 aromatic heterocycles. The van der Waals surface area contributed by atoms with E-state index in [1.165, 1.54) is 38.5 Å². The largest absolute Gasteiger partial charge is 0.349 e. The van der Waals surface area contributed by atoms with Gasteiger partial charge in [0, 0.05) is 22.9 Å². The van der Waals surface area contributed by atoms with E-state index in [0.29, 0.717) is 11.5 Å². The van der Waals surface area contributed by atoms with E-state index in [2.05, 4.69) is 22.5 Å². The average Bonchev–Trinajstić information content (AvgIpc) is 3.31. The van der Waals surface area contributed by atoms with Crippen molar-refractivity contribution in [1.82, 2.24) is 15.3 Å². The molecule has 2 bridgehead atoms. The molecule has 6 nitrogen and oxygen atoms in total. The van der Waals surface area contributed by atoms with Crippen LogP contribution in [0.2, 0.25) is 0 Å². The van der Waals surface area contributed by atoms with Crippen molar-refractivity contribution in [2.45, 2.75) is 83.6 Å². The van der Waals surface area contributed by atoms with E-state index in [-0.39, 0.29) is 23.3 Å².